The van der Waals surface area contributed by atoms with E-state index in [1.54, 1.807) is 24.7 Å². The third-order valence-corrected chi connectivity index (χ3v) is 3.89. The molecule has 6 heteroatoms. The molecule has 2 N–H and O–H groups in total. The Morgan fingerprint density at radius 2 is 2.38 bits per heavy atom. The van der Waals surface area contributed by atoms with Crippen molar-refractivity contribution in [3.05, 3.63) is 42.2 Å². The highest BCUT2D eigenvalue weighted by Gasteiger charge is 2.26. The molecule has 3 rings (SSSR count). The molecule has 2 aromatic rings. The van der Waals surface area contributed by atoms with Crippen LogP contribution < -0.4 is 10.5 Å². The quantitative estimate of drug-likeness (QED) is 0.936. The van der Waals surface area contributed by atoms with E-state index in [2.05, 4.69) is 4.98 Å². The molecule has 0 spiro atoms. The lowest BCUT2D eigenvalue weighted by Gasteiger charge is -2.19. The third-order valence-electron chi connectivity index (χ3n) is 3.89. The molecule has 1 saturated heterocycles. The second kappa shape index (κ2) is 5.83. The molecule has 112 valence electrons. The lowest BCUT2D eigenvalue weighted by molar-refractivity contribution is 0.180. The highest BCUT2D eigenvalue weighted by molar-refractivity contribution is 5.41. The molecule has 0 radical (unpaired) electrons. The Kier molecular flexibility index (Phi) is 3.90. The van der Waals surface area contributed by atoms with Crippen LogP contribution in [0.15, 0.2) is 30.7 Å². The first-order chi connectivity index (χ1) is 10.2. The number of methoxy groups -OCH3 is 1. The van der Waals surface area contributed by atoms with Crippen molar-refractivity contribution in [3.63, 3.8) is 0 Å². The van der Waals surface area contributed by atoms with Gasteiger partial charge in [0.15, 0.2) is 11.6 Å². The molecule has 5 nitrogen and oxygen atoms in total. The fourth-order valence-corrected chi connectivity index (χ4v) is 2.64. The van der Waals surface area contributed by atoms with Crippen molar-refractivity contribution in [2.45, 2.75) is 12.5 Å². The lowest BCUT2D eigenvalue weighted by Crippen LogP contribution is -2.24. The maximum atomic E-state index is 13.5. The summed E-state index contributed by atoms with van der Waals surface area (Å²) < 4.78 is 25.8. The van der Waals surface area contributed by atoms with E-state index in [1.165, 1.54) is 13.2 Å². The van der Waals surface area contributed by atoms with Crippen LogP contribution in [0.5, 0.6) is 5.75 Å². The van der Waals surface area contributed by atoms with Crippen molar-refractivity contribution in [3.8, 4) is 11.4 Å². The van der Waals surface area contributed by atoms with Crippen LogP contribution in [-0.2, 0) is 4.74 Å². The van der Waals surface area contributed by atoms with Crippen molar-refractivity contribution in [1.82, 2.24) is 9.55 Å². The molecule has 1 aromatic carbocycles. The monoisotopic (exact) mass is 291 g/mol. The van der Waals surface area contributed by atoms with Crippen LogP contribution in [0.25, 0.3) is 5.69 Å². The maximum absolute atomic E-state index is 13.5. The van der Waals surface area contributed by atoms with Gasteiger partial charge in [-0.3, -0.25) is 0 Å². The van der Waals surface area contributed by atoms with E-state index < -0.39 is 5.82 Å². The van der Waals surface area contributed by atoms with Crippen LogP contribution in [-0.4, -0.2) is 29.9 Å². The average Bonchev–Trinajstić information content (AvgIpc) is 3.18. The van der Waals surface area contributed by atoms with Crippen molar-refractivity contribution in [2.24, 2.45) is 11.7 Å². The van der Waals surface area contributed by atoms with Gasteiger partial charge in [0.25, 0.3) is 0 Å². The number of hydrogen-bond donors (Lipinski definition) is 1. The average molecular weight is 291 g/mol. The van der Waals surface area contributed by atoms with Gasteiger partial charge in [0.1, 0.15) is 0 Å². The number of nitrogens with zero attached hydrogens (tertiary/aromatic N) is 2. The molecule has 21 heavy (non-hydrogen) atoms. The minimum atomic E-state index is -0.392. The van der Waals surface area contributed by atoms with E-state index in [0.717, 1.165) is 24.4 Å². The SMILES string of the molecule is COc1cc(-n2cncc2C(N)C2CCOC2)ccc1F. The highest BCUT2D eigenvalue weighted by Crippen LogP contribution is 2.29. The minimum absolute atomic E-state index is 0.161. The lowest BCUT2D eigenvalue weighted by atomic mass is 9.97. The van der Waals surface area contributed by atoms with Gasteiger partial charge < -0.3 is 19.8 Å². The van der Waals surface area contributed by atoms with Gasteiger partial charge in [0.05, 0.1) is 43.7 Å². The van der Waals surface area contributed by atoms with E-state index in [1.807, 2.05) is 4.57 Å². The summed E-state index contributed by atoms with van der Waals surface area (Å²) in [5.74, 6) is 0.0871. The molecular weight excluding hydrogens is 273 g/mol. The summed E-state index contributed by atoms with van der Waals surface area (Å²) in [4.78, 5) is 4.18. The number of aromatic nitrogens is 2. The number of benzene rings is 1. The molecule has 2 unspecified atom stereocenters. The smallest absolute Gasteiger partial charge is 0.165 e. The van der Waals surface area contributed by atoms with Gasteiger partial charge in [-0.15, -0.1) is 0 Å². The van der Waals surface area contributed by atoms with E-state index in [0.29, 0.717) is 6.61 Å². The largest absolute Gasteiger partial charge is 0.494 e. The molecule has 1 aliphatic rings. The number of imidazole rings is 1. The first-order valence-corrected chi connectivity index (χ1v) is 6.90. The van der Waals surface area contributed by atoms with E-state index in [4.69, 9.17) is 15.2 Å². The number of ether oxygens (including phenoxy) is 2. The standard InChI is InChI=1S/C15H18FN3O2/c1-20-14-6-11(2-3-12(14)16)19-9-18-7-13(19)15(17)10-4-5-21-8-10/h2-3,6-7,9-10,15H,4-5,8,17H2,1H3. The highest BCUT2D eigenvalue weighted by atomic mass is 19.1. The first-order valence-electron chi connectivity index (χ1n) is 6.90. The molecule has 1 aromatic heterocycles. The summed E-state index contributed by atoms with van der Waals surface area (Å²) in [6, 6.07) is 4.53. The fraction of sp³-hybridized carbons (Fsp3) is 0.400. The topological polar surface area (TPSA) is 62.3 Å². The summed E-state index contributed by atoms with van der Waals surface area (Å²) in [7, 11) is 1.44. The van der Waals surface area contributed by atoms with E-state index in [9.17, 15) is 4.39 Å². The van der Waals surface area contributed by atoms with Crippen molar-refractivity contribution in [1.29, 1.82) is 0 Å². The Labute approximate surface area is 122 Å². The molecule has 1 fully saturated rings. The Hall–Kier alpha value is -1.92. The summed E-state index contributed by atoms with van der Waals surface area (Å²) in [5, 5.41) is 0. The molecular formula is C15H18FN3O2. The Morgan fingerprint density at radius 1 is 1.52 bits per heavy atom. The fourth-order valence-electron chi connectivity index (χ4n) is 2.64. The zero-order valence-electron chi connectivity index (χ0n) is 11.8. The van der Waals surface area contributed by atoms with Gasteiger partial charge >= 0.3 is 0 Å². The van der Waals surface area contributed by atoms with Crippen LogP contribution in [0, 0.1) is 11.7 Å². The van der Waals surface area contributed by atoms with Crippen molar-refractivity contribution < 1.29 is 13.9 Å². The second-order valence-electron chi connectivity index (χ2n) is 5.16. The van der Waals surface area contributed by atoms with Crippen LogP contribution in [0.1, 0.15) is 18.2 Å². The number of nitrogens with two attached hydrogens (primary N) is 1. The van der Waals surface area contributed by atoms with Gasteiger partial charge in [0.2, 0.25) is 0 Å². The minimum Gasteiger partial charge on any atom is -0.494 e. The Morgan fingerprint density at radius 3 is 3.10 bits per heavy atom. The summed E-state index contributed by atoms with van der Waals surface area (Å²) in [5.41, 5.74) is 8.00. The summed E-state index contributed by atoms with van der Waals surface area (Å²) in [6.07, 6.45) is 4.37. The summed E-state index contributed by atoms with van der Waals surface area (Å²) in [6.45, 7) is 1.41. The zero-order valence-corrected chi connectivity index (χ0v) is 11.8. The normalized spacial score (nSPS) is 19.7. The van der Waals surface area contributed by atoms with Crippen LogP contribution >= 0.6 is 0 Å². The first kappa shape index (κ1) is 14.0. The predicted molar refractivity (Wildman–Crippen MR) is 75.9 cm³/mol. The van der Waals surface area contributed by atoms with E-state index >= 15 is 0 Å². The van der Waals surface area contributed by atoms with E-state index in [-0.39, 0.29) is 17.7 Å². The molecule has 1 aliphatic heterocycles. The van der Waals surface area contributed by atoms with Crippen molar-refractivity contribution >= 4 is 0 Å². The van der Waals surface area contributed by atoms with Gasteiger partial charge in [-0.1, -0.05) is 0 Å². The number of hydrogen-bond acceptors (Lipinski definition) is 4. The summed E-state index contributed by atoms with van der Waals surface area (Å²) >= 11 is 0. The number of rotatable bonds is 4. The van der Waals surface area contributed by atoms with Crippen LogP contribution in [0.2, 0.25) is 0 Å². The molecule has 0 amide bonds. The van der Waals surface area contributed by atoms with Gasteiger partial charge in [-0.25, -0.2) is 9.37 Å². The Bertz CT molecular complexity index is 623. The maximum Gasteiger partial charge on any atom is 0.165 e. The van der Waals surface area contributed by atoms with Gasteiger partial charge in [-0.05, 0) is 18.6 Å². The third kappa shape index (κ3) is 2.64. The molecule has 2 atom stereocenters. The Balaban J connectivity index is 1.94. The molecule has 0 bridgehead atoms. The second-order valence-corrected chi connectivity index (χ2v) is 5.16. The van der Waals surface area contributed by atoms with Gasteiger partial charge in [-0.2, -0.15) is 0 Å². The van der Waals surface area contributed by atoms with Crippen LogP contribution in [0.3, 0.4) is 0 Å². The van der Waals surface area contributed by atoms with Gasteiger partial charge in [0, 0.05) is 18.6 Å². The van der Waals surface area contributed by atoms with Crippen molar-refractivity contribution in [2.75, 3.05) is 20.3 Å². The van der Waals surface area contributed by atoms with Crippen LogP contribution in [0.4, 0.5) is 4.39 Å². The molecule has 0 aliphatic carbocycles. The molecule has 0 saturated carbocycles. The zero-order chi connectivity index (χ0) is 14.8. The molecule has 2 heterocycles. The predicted octanol–water partition coefficient (Wildman–Crippen LogP) is 2.06. The number of halogens is 1.